The van der Waals surface area contributed by atoms with E-state index in [4.69, 9.17) is 9.78 Å². The van der Waals surface area contributed by atoms with Gasteiger partial charge in [0.05, 0.1) is 12.2 Å². The molecule has 0 saturated heterocycles. The number of hydrogen-bond donors (Lipinski definition) is 0. The van der Waals surface area contributed by atoms with Crippen LogP contribution < -0.4 is 0 Å². The van der Waals surface area contributed by atoms with E-state index >= 15 is 0 Å². The fraction of sp³-hybridized carbons (Fsp3) is 0.176. The van der Waals surface area contributed by atoms with Gasteiger partial charge in [0.15, 0.2) is 0 Å². The van der Waals surface area contributed by atoms with Gasteiger partial charge in [-0.3, -0.25) is 4.89 Å². The Morgan fingerprint density at radius 1 is 0.950 bits per heavy atom. The van der Waals surface area contributed by atoms with Crippen molar-refractivity contribution in [3.63, 3.8) is 0 Å². The first-order valence-electron chi connectivity index (χ1n) is 6.60. The maximum Gasteiger partial charge on any atom is 0.373 e. The van der Waals surface area contributed by atoms with E-state index in [0.29, 0.717) is 12.2 Å². The zero-order chi connectivity index (χ0) is 14.2. The van der Waals surface area contributed by atoms with E-state index in [2.05, 4.69) is 6.92 Å². The van der Waals surface area contributed by atoms with Crippen molar-refractivity contribution in [3.05, 3.63) is 67.1 Å². The average molecular weight is 269 g/mol. The molecule has 0 fully saturated rings. The normalized spacial score (nSPS) is 10.2. The van der Waals surface area contributed by atoms with Crippen LogP contribution in [0.4, 0.5) is 0 Å². The van der Waals surface area contributed by atoms with Crippen molar-refractivity contribution < 1.29 is 14.6 Å². The zero-order valence-corrected chi connectivity index (χ0v) is 11.2. The molecule has 0 bridgehead atoms. The van der Waals surface area contributed by atoms with Crippen molar-refractivity contribution in [2.75, 3.05) is 6.61 Å². The minimum absolute atomic E-state index is 0.372. The maximum atomic E-state index is 11.7. The third-order valence-electron chi connectivity index (χ3n) is 2.84. The molecule has 0 spiro atoms. The Labute approximate surface area is 119 Å². The molecule has 0 N–H and O–H groups in total. The van der Waals surface area contributed by atoms with Crippen LogP contribution in [-0.4, -0.2) is 12.6 Å². The Kier molecular flexibility index (Phi) is 5.33. The summed E-state index contributed by atoms with van der Waals surface area (Å²) in [5.41, 5.74) is 2.64. The summed E-state index contributed by atoms with van der Waals surface area (Å²) in [6, 6.07) is 17.2. The van der Waals surface area contributed by atoms with E-state index in [1.807, 2.05) is 42.5 Å². The molecule has 0 aliphatic carbocycles. The van der Waals surface area contributed by atoms with Crippen LogP contribution in [0.1, 0.15) is 23.2 Å². The highest BCUT2D eigenvalue weighted by atomic mass is 17.2. The molecule has 0 aromatic heterocycles. The van der Waals surface area contributed by atoms with Gasteiger partial charge in [-0.05, 0) is 29.7 Å². The lowest BCUT2D eigenvalue weighted by Gasteiger charge is -2.05. The van der Waals surface area contributed by atoms with E-state index < -0.39 is 5.97 Å². The third-order valence-corrected chi connectivity index (χ3v) is 2.84. The quantitative estimate of drug-likeness (QED) is 0.451. The highest BCUT2D eigenvalue weighted by Gasteiger charge is 2.08. The first-order chi connectivity index (χ1) is 9.81. The van der Waals surface area contributed by atoms with E-state index in [1.165, 1.54) is 0 Å². The zero-order valence-electron chi connectivity index (χ0n) is 11.2. The molecule has 0 heterocycles. The van der Waals surface area contributed by atoms with Gasteiger partial charge in [-0.15, -0.1) is 0 Å². The molecule has 2 aromatic carbocycles. The number of unbranched alkanes of at least 4 members (excludes halogenated alkanes) is 1. The Hall–Kier alpha value is -2.13. The van der Waals surface area contributed by atoms with Crippen molar-refractivity contribution in [2.24, 2.45) is 0 Å². The molecule has 1 radical (unpaired) electrons. The number of benzene rings is 2. The average Bonchev–Trinajstić information content (AvgIpc) is 2.52. The topological polar surface area (TPSA) is 35.5 Å². The standard InChI is InChI=1S/C17H17O3/c1-2-3-13-19-20-17(18)16-11-9-15(10-12-16)14-7-5-4-6-8-14/h4-12H,1-3,13H2. The van der Waals surface area contributed by atoms with Crippen molar-refractivity contribution in [2.45, 2.75) is 12.8 Å². The second-order valence-electron chi connectivity index (χ2n) is 4.34. The predicted molar refractivity (Wildman–Crippen MR) is 77.8 cm³/mol. The summed E-state index contributed by atoms with van der Waals surface area (Å²) in [4.78, 5) is 21.2. The molecule has 0 saturated carbocycles. The van der Waals surface area contributed by atoms with Crippen LogP contribution in [0.2, 0.25) is 0 Å². The number of hydrogen-bond acceptors (Lipinski definition) is 3. The highest BCUT2D eigenvalue weighted by Crippen LogP contribution is 2.19. The van der Waals surface area contributed by atoms with Gasteiger partial charge in [0, 0.05) is 0 Å². The van der Waals surface area contributed by atoms with Gasteiger partial charge in [0.2, 0.25) is 0 Å². The fourth-order valence-electron chi connectivity index (χ4n) is 1.73. The van der Waals surface area contributed by atoms with Crippen LogP contribution >= 0.6 is 0 Å². The van der Waals surface area contributed by atoms with Crippen LogP contribution in [0.5, 0.6) is 0 Å². The van der Waals surface area contributed by atoms with Crippen LogP contribution in [-0.2, 0) is 9.78 Å². The third kappa shape index (κ3) is 3.93. The fourth-order valence-corrected chi connectivity index (χ4v) is 1.73. The summed E-state index contributed by atoms with van der Waals surface area (Å²) in [5, 5.41) is 0. The summed E-state index contributed by atoms with van der Waals surface area (Å²) in [7, 11) is 0. The SMILES string of the molecule is [CH2]CCCOOC(=O)c1ccc(-c2ccccc2)cc1. The lowest BCUT2D eigenvalue weighted by atomic mass is 10.0. The molecule has 20 heavy (non-hydrogen) atoms. The summed E-state index contributed by atoms with van der Waals surface area (Å²) < 4.78 is 0. The minimum Gasteiger partial charge on any atom is -0.293 e. The van der Waals surface area contributed by atoms with Crippen LogP contribution in [0.15, 0.2) is 54.6 Å². The molecule has 0 unspecified atom stereocenters. The van der Waals surface area contributed by atoms with Crippen LogP contribution in [0.3, 0.4) is 0 Å². The second kappa shape index (κ2) is 7.46. The Morgan fingerprint density at radius 3 is 2.25 bits per heavy atom. The molecule has 103 valence electrons. The van der Waals surface area contributed by atoms with Crippen LogP contribution in [0, 0.1) is 6.92 Å². The number of carbonyl (C=O) groups excluding carboxylic acids is 1. The maximum absolute atomic E-state index is 11.7. The van der Waals surface area contributed by atoms with Gasteiger partial charge in [-0.25, -0.2) is 4.79 Å². The number of rotatable bonds is 6. The Bertz CT molecular complexity index is 532. The molecule has 3 nitrogen and oxygen atoms in total. The van der Waals surface area contributed by atoms with Gasteiger partial charge < -0.3 is 0 Å². The molecule has 2 rings (SSSR count). The van der Waals surface area contributed by atoms with Gasteiger partial charge in [-0.2, -0.15) is 4.89 Å². The molecular weight excluding hydrogens is 252 g/mol. The predicted octanol–water partition coefficient (Wildman–Crippen LogP) is 4.06. The van der Waals surface area contributed by atoms with Gasteiger partial charge >= 0.3 is 5.97 Å². The second-order valence-corrected chi connectivity index (χ2v) is 4.34. The lowest BCUT2D eigenvalue weighted by Crippen LogP contribution is -2.06. The number of carbonyl (C=O) groups is 1. The Balaban J connectivity index is 1.96. The van der Waals surface area contributed by atoms with E-state index in [9.17, 15) is 4.79 Å². The summed E-state index contributed by atoms with van der Waals surface area (Å²) >= 11 is 0. The largest absolute Gasteiger partial charge is 0.373 e. The first-order valence-corrected chi connectivity index (χ1v) is 6.60. The lowest BCUT2D eigenvalue weighted by molar-refractivity contribution is -0.241. The van der Waals surface area contributed by atoms with E-state index in [-0.39, 0.29) is 0 Å². The molecular formula is C17H17O3. The first kappa shape index (κ1) is 14.3. The summed E-state index contributed by atoms with van der Waals surface area (Å²) in [5.74, 6) is -0.478. The Morgan fingerprint density at radius 2 is 1.60 bits per heavy atom. The van der Waals surface area contributed by atoms with Crippen molar-refractivity contribution in [1.29, 1.82) is 0 Å². The van der Waals surface area contributed by atoms with E-state index in [1.54, 1.807) is 12.1 Å². The van der Waals surface area contributed by atoms with Gasteiger partial charge in [0.25, 0.3) is 0 Å². The molecule has 0 aliphatic heterocycles. The highest BCUT2D eigenvalue weighted by molar-refractivity contribution is 5.89. The monoisotopic (exact) mass is 269 g/mol. The van der Waals surface area contributed by atoms with Crippen molar-refractivity contribution in [1.82, 2.24) is 0 Å². The van der Waals surface area contributed by atoms with Crippen LogP contribution in [0.25, 0.3) is 11.1 Å². The van der Waals surface area contributed by atoms with Crippen molar-refractivity contribution in [3.8, 4) is 11.1 Å². The molecule has 3 heteroatoms. The van der Waals surface area contributed by atoms with E-state index in [0.717, 1.165) is 24.0 Å². The van der Waals surface area contributed by atoms with Gasteiger partial charge in [-0.1, -0.05) is 55.8 Å². The molecule has 2 aromatic rings. The summed E-state index contributed by atoms with van der Waals surface area (Å²) in [6.45, 7) is 4.05. The molecule has 0 atom stereocenters. The summed E-state index contributed by atoms with van der Waals surface area (Å²) in [6.07, 6.45) is 1.52. The van der Waals surface area contributed by atoms with Gasteiger partial charge in [0.1, 0.15) is 0 Å². The minimum atomic E-state index is -0.478. The molecule has 0 aliphatic rings. The smallest absolute Gasteiger partial charge is 0.293 e. The van der Waals surface area contributed by atoms with Crippen molar-refractivity contribution >= 4 is 5.97 Å². The molecule has 0 amide bonds.